The normalized spacial score (nSPS) is 12.1. The molecule has 0 atom stereocenters. The van der Waals surface area contributed by atoms with E-state index >= 15 is 8.78 Å². The van der Waals surface area contributed by atoms with E-state index in [2.05, 4.69) is 10.2 Å². The molecule has 0 aliphatic carbocycles. The summed E-state index contributed by atoms with van der Waals surface area (Å²) in [5.74, 6) is 6.89. The van der Waals surface area contributed by atoms with Crippen LogP contribution in [0, 0.1) is 6.92 Å². The number of nitrogens with two attached hydrogens (primary N) is 3. The molecule has 9 nitrogen and oxygen atoms in total. The number of amides is 1. The Morgan fingerprint density at radius 2 is 1.89 bits per heavy atom. The first-order chi connectivity index (χ1) is 18.1. The molecule has 0 bridgehead atoms. The van der Waals surface area contributed by atoms with Crippen molar-refractivity contribution in [3.63, 3.8) is 0 Å². The molecule has 0 aliphatic rings. The van der Waals surface area contributed by atoms with E-state index in [4.69, 9.17) is 33.8 Å². The Balaban J connectivity index is 1.69. The molecule has 0 saturated heterocycles. The van der Waals surface area contributed by atoms with E-state index in [1.807, 2.05) is 0 Å². The molecule has 0 saturated carbocycles. The third kappa shape index (κ3) is 5.11. The average Bonchev–Trinajstić information content (AvgIpc) is 3.20. The first-order valence-electron chi connectivity index (χ1n) is 11.4. The number of rotatable bonds is 8. The molecule has 12 heteroatoms. The number of carbonyl (C=O) groups is 1. The Bertz CT molecular complexity index is 1520. The summed E-state index contributed by atoms with van der Waals surface area (Å²) < 4.78 is 38.1. The molecule has 4 rings (SSSR count). The number of hydrazone groups is 1. The lowest BCUT2D eigenvalue weighted by molar-refractivity contribution is 0.0584. The number of ether oxygens (including phenoxy) is 1. The predicted molar refractivity (Wildman–Crippen MR) is 142 cm³/mol. The number of methoxy groups -OCH3 is 1. The lowest BCUT2D eigenvalue weighted by Gasteiger charge is -2.26. The Hall–Kier alpha value is -4.22. The second kappa shape index (κ2) is 10.6. The fourth-order valence-corrected chi connectivity index (χ4v) is 4.46. The van der Waals surface area contributed by atoms with Gasteiger partial charge in [0, 0.05) is 27.1 Å². The molecule has 3 aromatic carbocycles. The molecule has 1 heterocycles. The van der Waals surface area contributed by atoms with Gasteiger partial charge in [0.1, 0.15) is 5.75 Å². The van der Waals surface area contributed by atoms with Gasteiger partial charge in [0.05, 0.1) is 31.4 Å². The monoisotopic (exact) mass is 541 g/mol. The molecule has 38 heavy (non-hydrogen) atoms. The SMILES string of the molecule is COc1ccc(CN(N)/C(=N\N)C(F)(F)c2ccc3c(C)nn(Cc4c(Cl)cccc4C(N)=O)c3c2)cc1. The molecule has 1 amide bonds. The number of amidine groups is 1. The Morgan fingerprint density at radius 1 is 1.18 bits per heavy atom. The topological polar surface area (TPSA) is 138 Å². The van der Waals surface area contributed by atoms with E-state index in [0.29, 0.717) is 38.5 Å². The highest BCUT2D eigenvalue weighted by Gasteiger charge is 2.42. The van der Waals surface area contributed by atoms with E-state index in [9.17, 15) is 4.79 Å². The van der Waals surface area contributed by atoms with E-state index in [0.717, 1.165) is 5.01 Å². The number of aryl methyl sites for hydroxylation is 1. The maximum Gasteiger partial charge on any atom is 0.332 e. The summed E-state index contributed by atoms with van der Waals surface area (Å²) in [4.78, 5) is 11.9. The minimum atomic E-state index is -3.64. The molecule has 0 spiro atoms. The van der Waals surface area contributed by atoms with Crippen molar-refractivity contribution >= 4 is 34.2 Å². The largest absolute Gasteiger partial charge is 0.497 e. The molecular formula is C26H26ClF2N7O2. The quantitative estimate of drug-likeness (QED) is 0.134. The summed E-state index contributed by atoms with van der Waals surface area (Å²) in [6.07, 6.45) is 0. The van der Waals surface area contributed by atoms with Crippen LogP contribution in [0.5, 0.6) is 5.75 Å². The van der Waals surface area contributed by atoms with Crippen molar-refractivity contribution in [2.75, 3.05) is 7.11 Å². The van der Waals surface area contributed by atoms with E-state index < -0.39 is 23.2 Å². The van der Waals surface area contributed by atoms with Gasteiger partial charge in [-0.2, -0.15) is 19.0 Å². The number of carbonyl (C=O) groups excluding carboxylic acids is 1. The van der Waals surface area contributed by atoms with Crippen LogP contribution < -0.4 is 22.2 Å². The highest BCUT2D eigenvalue weighted by Crippen LogP contribution is 2.34. The van der Waals surface area contributed by atoms with Crippen LogP contribution in [0.15, 0.2) is 65.8 Å². The molecule has 0 fully saturated rings. The smallest absolute Gasteiger partial charge is 0.332 e. The van der Waals surface area contributed by atoms with Crippen LogP contribution in [0.3, 0.4) is 0 Å². The van der Waals surface area contributed by atoms with Crippen molar-refractivity contribution in [3.8, 4) is 5.75 Å². The number of benzene rings is 3. The zero-order chi connectivity index (χ0) is 27.6. The summed E-state index contributed by atoms with van der Waals surface area (Å²) in [5.41, 5.74) is 7.42. The summed E-state index contributed by atoms with van der Waals surface area (Å²) >= 11 is 6.34. The number of hydrogen-bond donors (Lipinski definition) is 3. The van der Waals surface area contributed by atoms with E-state index in [1.54, 1.807) is 49.4 Å². The van der Waals surface area contributed by atoms with Gasteiger partial charge < -0.3 is 16.3 Å². The van der Waals surface area contributed by atoms with Gasteiger partial charge in [-0.15, -0.1) is 0 Å². The zero-order valence-corrected chi connectivity index (χ0v) is 21.4. The summed E-state index contributed by atoms with van der Waals surface area (Å²) in [6, 6.07) is 15.7. The van der Waals surface area contributed by atoms with Gasteiger partial charge in [0.15, 0.2) is 0 Å². The number of fused-ring (bicyclic) bond motifs is 1. The van der Waals surface area contributed by atoms with Crippen LogP contribution in [-0.4, -0.2) is 33.6 Å². The molecule has 4 aromatic rings. The minimum Gasteiger partial charge on any atom is -0.497 e. The second-order valence-corrected chi connectivity index (χ2v) is 9.02. The van der Waals surface area contributed by atoms with Crippen molar-refractivity contribution in [2.45, 2.75) is 25.9 Å². The van der Waals surface area contributed by atoms with Crippen LogP contribution in [0.4, 0.5) is 8.78 Å². The fourth-order valence-electron chi connectivity index (χ4n) is 4.22. The Morgan fingerprint density at radius 3 is 2.53 bits per heavy atom. The summed E-state index contributed by atoms with van der Waals surface area (Å²) in [5, 5.41) is 9.57. The standard InChI is InChI=1S/C26H26ClF2N7O2/c1-15-19-11-8-17(12-23(19)36(34-15)14-21-20(24(30)37)4-3-5-22(21)27)26(28,29)25(33-31)35(32)13-16-6-9-18(38-2)10-7-16/h3-12H,13-14,31-32H2,1-2H3,(H2,30,37)/b33-25-. The van der Waals surface area contributed by atoms with Crippen molar-refractivity contribution in [2.24, 2.45) is 22.5 Å². The third-order valence-electron chi connectivity index (χ3n) is 6.18. The second-order valence-electron chi connectivity index (χ2n) is 8.61. The molecule has 0 unspecified atom stereocenters. The first kappa shape index (κ1) is 26.8. The van der Waals surface area contributed by atoms with Crippen LogP contribution in [0.1, 0.15) is 32.7 Å². The average molecular weight is 542 g/mol. The number of halogens is 3. The highest BCUT2D eigenvalue weighted by atomic mass is 35.5. The number of primary amides is 1. The van der Waals surface area contributed by atoms with Gasteiger partial charge in [-0.3, -0.25) is 14.5 Å². The number of nitrogens with zero attached hydrogens (tertiary/aromatic N) is 4. The zero-order valence-electron chi connectivity index (χ0n) is 20.7. The van der Waals surface area contributed by atoms with E-state index in [-0.39, 0.29) is 18.7 Å². The maximum atomic E-state index is 15.8. The van der Waals surface area contributed by atoms with Gasteiger partial charge in [-0.1, -0.05) is 41.9 Å². The number of hydrogen-bond acceptors (Lipinski definition) is 6. The van der Waals surface area contributed by atoms with Crippen molar-refractivity contribution in [1.29, 1.82) is 0 Å². The van der Waals surface area contributed by atoms with Gasteiger partial charge >= 0.3 is 5.92 Å². The van der Waals surface area contributed by atoms with Crippen molar-refractivity contribution < 1.29 is 18.3 Å². The highest BCUT2D eigenvalue weighted by molar-refractivity contribution is 6.31. The molecular weight excluding hydrogens is 516 g/mol. The number of hydrazine groups is 1. The van der Waals surface area contributed by atoms with Crippen LogP contribution in [0.25, 0.3) is 10.9 Å². The molecule has 6 N–H and O–H groups in total. The van der Waals surface area contributed by atoms with Crippen molar-refractivity contribution in [3.05, 3.63) is 93.6 Å². The number of aromatic nitrogens is 2. The lowest BCUT2D eigenvalue weighted by Crippen LogP contribution is -2.46. The Kier molecular flexibility index (Phi) is 7.51. The van der Waals surface area contributed by atoms with Gasteiger partial charge in [-0.05, 0) is 42.8 Å². The lowest BCUT2D eigenvalue weighted by atomic mass is 10.0. The van der Waals surface area contributed by atoms with E-state index in [1.165, 1.54) is 30.0 Å². The first-order valence-corrected chi connectivity index (χ1v) is 11.8. The summed E-state index contributed by atoms with van der Waals surface area (Å²) in [6.45, 7) is 1.72. The summed E-state index contributed by atoms with van der Waals surface area (Å²) in [7, 11) is 1.53. The molecule has 0 aliphatic heterocycles. The van der Waals surface area contributed by atoms with Gasteiger partial charge in [-0.25, -0.2) is 5.84 Å². The molecule has 198 valence electrons. The van der Waals surface area contributed by atoms with Crippen LogP contribution in [0.2, 0.25) is 5.02 Å². The molecule has 0 radical (unpaired) electrons. The third-order valence-corrected chi connectivity index (χ3v) is 6.53. The predicted octanol–water partition coefficient (Wildman–Crippen LogP) is 3.89. The van der Waals surface area contributed by atoms with Crippen molar-refractivity contribution in [1.82, 2.24) is 14.8 Å². The van der Waals surface area contributed by atoms with Gasteiger partial charge in [0.25, 0.3) is 0 Å². The van der Waals surface area contributed by atoms with Crippen LogP contribution >= 0.6 is 11.6 Å². The minimum absolute atomic E-state index is 0.0373. The Labute approximate surface area is 222 Å². The number of alkyl halides is 2. The molecule has 1 aromatic heterocycles. The fraction of sp³-hybridized carbons (Fsp3) is 0.192. The van der Waals surface area contributed by atoms with Gasteiger partial charge in [0.2, 0.25) is 11.7 Å². The maximum absolute atomic E-state index is 15.8. The van der Waals surface area contributed by atoms with Crippen LogP contribution in [-0.2, 0) is 19.0 Å².